The summed E-state index contributed by atoms with van der Waals surface area (Å²) < 4.78 is 6.14. The molecule has 0 radical (unpaired) electrons. The number of halogens is 1. The van der Waals surface area contributed by atoms with Crippen LogP contribution < -0.4 is 10.1 Å². The van der Waals surface area contributed by atoms with Crippen molar-refractivity contribution in [1.29, 1.82) is 0 Å². The van der Waals surface area contributed by atoms with E-state index in [2.05, 4.69) is 15.3 Å². The van der Waals surface area contributed by atoms with Gasteiger partial charge in [0.15, 0.2) is 5.78 Å². The topological polar surface area (TPSA) is 81.2 Å². The zero-order chi connectivity index (χ0) is 24.3. The van der Waals surface area contributed by atoms with Crippen molar-refractivity contribution in [1.82, 2.24) is 15.3 Å². The number of benzene rings is 1. The van der Waals surface area contributed by atoms with E-state index >= 15 is 0 Å². The van der Waals surface area contributed by atoms with Gasteiger partial charge in [-0.05, 0) is 64.4 Å². The molecule has 1 aliphatic rings. The molecule has 2 unspecified atom stereocenters. The van der Waals surface area contributed by atoms with E-state index in [-0.39, 0.29) is 18.1 Å². The molecule has 176 valence electrons. The summed E-state index contributed by atoms with van der Waals surface area (Å²) in [6.07, 6.45) is 5.09. The standard InChI is InChI=1S/C26H20ClN3O3S2/c27-19-4-1-2-6-22(19)35-23-20(31)14-26(30-25(23)32,18-9-13-34-16-18)24-21(5-3-10-29-24)33-15-17-7-11-28-12-8-17/h1-13,16,23H,14-15H2,(H,30,32). The van der Waals surface area contributed by atoms with E-state index in [1.54, 1.807) is 42.9 Å². The quantitative estimate of drug-likeness (QED) is 0.334. The Morgan fingerprint density at radius 1 is 1.09 bits per heavy atom. The summed E-state index contributed by atoms with van der Waals surface area (Å²) >= 11 is 8.94. The molecular formula is C26H20ClN3O3S2. The maximum Gasteiger partial charge on any atom is 0.242 e. The van der Waals surface area contributed by atoms with Gasteiger partial charge in [0.1, 0.15) is 28.8 Å². The summed E-state index contributed by atoms with van der Waals surface area (Å²) in [5.41, 5.74) is 1.09. The lowest BCUT2D eigenvalue weighted by atomic mass is 9.79. The molecule has 1 aliphatic heterocycles. The Morgan fingerprint density at radius 2 is 1.91 bits per heavy atom. The fraction of sp³-hybridized carbons (Fsp3) is 0.154. The minimum absolute atomic E-state index is 0.0419. The second-order valence-electron chi connectivity index (χ2n) is 7.97. The van der Waals surface area contributed by atoms with Crippen LogP contribution in [-0.4, -0.2) is 26.9 Å². The smallest absolute Gasteiger partial charge is 0.242 e. The highest BCUT2D eigenvalue weighted by Gasteiger charge is 2.49. The minimum atomic E-state index is -1.14. The van der Waals surface area contributed by atoms with Crippen LogP contribution in [0.3, 0.4) is 0 Å². The second-order valence-corrected chi connectivity index (χ2v) is 10.3. The number of nitrogens with one attached hydrogen (secondary N) is 1. The molecule has 5 rings (SSSR count). The van der Waals surface area contributed by atoms with Gasteiger partial charge in [0, 0.05) is 29.9 Å². The lowest BCUT2D eigenvalue weighted by Crippen LogP contribution is -2.58. The van der Waals surface area contributed by atoms with E-state index in [1.165, 1.54) is 11.3 Å². The summed E-state index contributed by atoms with van der Waals surface area (Å²) in [6, 6.07) is 16.4. The number of nitrogens with zero attached hydrogens (tertiary/aromatic N) is 2. The van der Waals surface area contributed by atoms with Gasteiger partial charge in [-0.3, -0.25) is 19.6 Å². The number of aromatic nitrogens is 2. The molecular weight excluding hydrogens is 502 g/mol. The molecule has 0 aliphatic carbocycles. The zero-order valence-corrected chi connectivity index (χ0v) is 20.8. The van der Waals surface area contributed by atoms with Crippen LogP contribution in [-0.2, 0) is 21.7 Å². The van der Waals surface area contributed by atoms with Crippen molar-refractivity contribution < 1.29 is 14.3 Å². The summed E-state index contributed by atoms with van der Waals surface area (Å²) in [5, 5.41) is 6.57. The van der Waals surface area contributed by atoms with Gasteiger partial charge in [-0.15, -0.1) is 11.8 Å². The number of carbonyl (C=O) groups excluding carboxylic acids is 2. The van der Waals surface area contributed by atoms with Gasteiger partial charge in [0.05, 0.1) is 5.02 Å². The van der Waals surface area contributed by atoms with Gasteiger partial charge in [-0.2, -0.15) is 11.3 Å². The van der Waals surface area contributed by atoms with Crippen LogP contribution in [0.5, 0.6) is 5.75 Å². The molecule has 1 fully saturated rings. The van der Waals surface area contributed by atoms with E-state index in [0.717, 1.165) is 22.9 Å². The Balaban J connectivity index is 1.49. The van der Waals surface area contributed by atoms with E-state index in [4.69, 9.17) is 16.3 Å². The summed E-state index contributed by atoms with van der Waals surface area (Å²) in [6.45, 7) is 0.299. The summed E-state index contributed by atoms with van der Waals surface area (Å²) in [7, 11) is 0. The number of piperidine rings is 1. The normalized spacial score (nSPS) is 19.9. The molecule has 0 saturated carbocycles. The highest BCUT2D eigenvalue weighted by atomic mass is 35.5. The van der Waals surface area contributed by atoms with Crippen molar-refractivity contribution in [3.63, 3.8) is 0 Å². The first-order valence-electron chi connectivity index (χ1n) is 10.8. The van der Waals surface area contributed by atoms with E-state index in [1.807, 2.05) is 41.1 Å². The number of thioether (sulfide) groups is 1. The molecule has 3 aromatic heterocycles. The van der Waals surface area contributed by atoms with Crippen molar-refractivity contribution in [2.75, 3.05) is 0 Å². The number of ketones is 1. The van der Waals surface area contributed by atoms with Crippen LogP contribution in [0.1, 0.15) is 23.2 Å². The molecule has 0 bridgehead atoms. The number of hydrogen-bond donors (Lipinski definition) is 1. The SMILES string of the molecule is O=C1CC(c2ccsc2)(c2ncccc2OCc2ccncc2)NC(=O)C1Sc1ccccc1Cl. The van der Waals surface area contributed by atoms with Crippen LogP contribution in [0, 0.1) is 0 Å². The van der Waals surface area contributed by atoms with Crippen LogP contribution in [0.25, 0.3) is 0 Å². The van der Waals surface area contributed by atoms with E-state index in [9.17, 15) is 9.59 Å². The minimum Gasteiger partial charge on any atom is -0.487 e. The maximum atomic E-state index is 13.5. The number of carbonyl (C=O) groups is 2. The first-order valence-corrected chi connectivity index (χ1v) is 13.0. The summed E-state index contributed by atoms with van der Waals surface area (Å²) in [4.78, 5) is 36.3. The first-order chi connectivity index (χ1) is 17.1. The largest absolute Gasteiger partial charge is 0.487 e. The molecule has 1 N–H and O–H groups in total. The van der Waals surface area contributed by atoms with E-state index < -0.39 is 10.8 Å². The number of ether oxygens (including phenoxy) is 1. The molecule has 0 spiro atoms. The Bertz CT molecular complexity index is 1330. The number of hydrogen-bond acceptors (Lipinski definition) is 7. The Morgan fingerprint density at radius 3 is 2.66 bits per heavy atom. The third kappa shape index (κ3) is 4.82. The van der Waals surface area contributed by atoms with Gasteiger partial charge >= 0.3 is 0 Å². The van der Waals surface area contributed by atoms with Crippen LogP contribution in [0.15, 0.2) is 88.8 Å². The molecule has 35 heavy (non-hydrogen) atoms. The monoisotopic (exact) mass is 521 g/mol. The molecule has 1 aromatic carbocycles. The van der Waals surface area contributed by atoms with Crippen molar-refractivity contribution in [2.24, 2.45) is 0 Å². The predicted molar refractivity (Wildman–Crippen MR) is 137 cm³/mol. The van der Waals surface area contributed by atoms with Crippen molar-refractivity contribution in [2.45, 2.75) is 28.7 Å². The van der Waals surface area contributed by atoms with Gasteiger partial charge in [0.25, 0.3) is 0 Å². The Labute approximate surface area is 215 Å². The molecule has 2 atom stereocenters. The lowest BCUT2D eigenvalue weighted by Gasteiger charge is -2.39. The second kappa shape index (κ2) is 10.2. The number of pyridine rings is 2. The van der Waals surface area contributed by atoms with Crippen LogP contribution >= 0.6 is 34.7 Å². The third-order valence-electron chi connectivity index (χ3n) is 5.72. The van der Waals surface area contributed by atoms with Gasteiger partial charge in [-0.25, -0.2) is 0 Å². The average molecular weight is 522 g/mol. The molecule has 6 nitrogen and oxygen atoms in total. The van der Waals surface area contributed by atoms with Crippen molar-refractivity contribution in [3.8, 4) is 5.75 Å². The average Bonchev–Trinajstić information content (AvgIpc) is 3.42. The lowest BCUT2D eigenvalue weighted by molar-refractivity contribution is -0.133. The molecule has 1 saturated heterocycles. The molecule has 4 aromatic rings. The summed E-state index contributed by atoms with van der Waals surface area (Å²) in [5.74, 6) is -0.0838. The fourth-order valence-electron chi connectivity index (χ4n) is 4.04. The van der Waals surface area contributed by atoms with Crippen molar-refractivity contribution in [3.05, 3.63) is 106 Å². The maximum absolute atomic E-state index is 13.5. The third-order valence-corrected chi connectivity index (χ3v) is 8.17. The fourth-order valence-corrected chi connectivity index (χ4v) is 6.01. The van der Waals surface area contributed by atoms with Gasteiger partial charge in [0.2, 0.25) is 5.91 Å². The highest BCUT2D eigenvalue weighted by molar-refractivity contribution is 8.01. The van der Waals surface area contributed by atoms with Crippen LogP contribution in [0.4, 0.5) is 0 Å². The van der Waals surface area contributed by atoms with Crippen LogP contribution in [0.2, 0.25) is 5.02 Å². The first kappa shape index (κ1) is 23.5. The molecule has 1 amide bonds. The van der Waals surface area contributed by atoms with Gasteiger partial charge in [-0.1, -0.05) is 23.7 Å². The van der Waals surface area contributed by atoms with E-state index in [0.29, 0.717) is 28.0 Å². The predicted octanol–water partition coefficient (Wildman–Crippen LogP) is 5.26. The highest BCUT2D eigenvalue weighted by Crippen LogP contribution is 2.43. The molecule has 4 heterocycles. The van der Waals surface area contributed by atoms with Crippen molar-refractivity contribution >= 4 is 46.4 Å². The Hall–Kier alpha value is -3.20. The number of rotatable bonds is 7. The Kier molecular flexibility index (Phi) is 6.86. The number of amides is 1. The molecule has 9 heteroatoms. The number of thiophene rings is 1. The van der Waals surface area contributed by atoms with Gasteiger partial charge < -0.3 is 10.1 Å². The number of Topliss-reactive ketones (excluding diaryl/α,β-unsaturated/α-hetero) is 1. The zero-order valence-electron chi connectivity index (χ0n) is 18.4.